The molecule has 0 aliphatic rings. The maximum absolute atomic E-state index is 12.7. The summed E-state index contributed by atoms with van der Waals surface area (Å²) in [5.74, 6) is -0.324. The molecule has 6 heteroatoms. The molecule has 3 rings (SSSR count). The van der Waals surface area contributed by atoms with E-state index in [0.717, 1.165) is 11.9 Å². The SMILES string of the molecule is CS(=O)(=O)c1cccc(NC(=O)c2ccccc2Nc2ccccc2)c1. The van der Waals surface area contributed by atoms with Gasteiger partial charge in [-0.15, -0.1) is 0 Å². The number of benzene rings is 3. The van der Waals surface area contributed by atoms with E-state index in [-0.39, 0.29) is 10.8 Å². The predicted molar refractivity (Wildman–Crippen MR) is 104 cm³/mol. The standard InChI is InChI=1S/C20H18N2O3S/c1-26(24,25)17-11-7-10-16(14-17)22-20(23)18-12-5-6-13-19(18)21-15-8-3-2-4-9-15/h2-14,21H,1H3,(H,22,23). The predicted octanol–water partition coefficient (Wildman–Crippen LogP) is 4.09. The number of amides is 1. The monoisotopic (exact) mass is 366 g/mol. The Balaban J connectivity index is 1.85. The zero-order valence-corrected chi connectivity index (χ0v) is 15.0. The minimum absolute atomic E-state index is 0.158. The lowest BCUT2D eigenvalue weighted by Gasteiger charge is -2.12. The molecule has 0 saturated carbocycles. The number of anilines is 3. The van der Waals surface area contributed by atoms with Crippen molar-refractivity contribution in [1.29, 1.82) is 0 Å². The Hall–Kier alpha value is -3.12. The molecule has 132 valence electrons. The summed E-state index contributed by atoms with van der Waals surface area (Å²) in [6.07, 6.45) is 1.13. The highest BCUT2D eigenvalue weighted by atomic mass is 32.2. The summed E-state index contributed by atoms with van der Waals surface area (Å²) in [5, 5.41) is 5.97. The Labute approximate surface area is 152 Å². The number of nitrogens with one attached hydrogen (secondary N) is 2. The fourth-order valence-electron chi connectivity index (χ4n) is 2.47. The van der Waals surface area contributed by atoms with Crippen molar-refractivity contribution in [2.75, 3.05) is 16.9 Å². The summed E-state index contributed by atoms with van der Waals surface area (Å²) in [7, 11) is -3.34. The van der Waals surface area contributed by atoms with Gasteiger partial charge in [0.15, 0.2) is 9.84 Å². The molecule has 0 heterocycles. The number of sulfone groups is 1. The molecular formula is C20H18N2O3S. The first-order valence-electron chi connectivity index (χ1n) is 7.96. The van der Waals surface area contributed by atoms with Crippen LogP contribution in [-0.2, 0) is 9.84 Å². The Morgan fingerprint density at radius 2 is 1.46 bits per heavy atom. The summed E-state index contributed by atoms with van der Waals surface area (Å²) < 4.78 is 23.4. The molecule has 1 amide bonds. The molecule has 0 aliphatic heterocycles. The van der Waals surface area contributed by atoms with Crippen molar-refractivity contribution in [3.8, 4) is 0 Å². The third kappa shape index (κ3) is 4.29. The molecule has 5 nitrogen and oxygen atoms in total. The van der Waals surface area contributed by atoms with Crippen LogP contribution in [0.5, 0.6) is 0 Å². The second kappa shape index (κ2) is 7.41. The summed E-state index contributed by atoms with van der Waals surface area (Å²) in [6, 6.07) is 22.9. The van der Waals surface area contributed by atoms with Gasteiger partial charge in [0.1, 0.15) is 0 Å². The molecule has 0 aromatic heterocycles. The van der Waals surface area contributed by atoms with Gasteiger partial charge in [-0.2, -0.15) is 0 Å². The minimum Gasteiger partial charge on any atom is -0.355 e. The largest absolute Gasteiger partial charge is 0.355 e. The molecule has 0 atom stereocenters. The number of rotatable bonds is 5. The highest BCUT2D eigenvalue weighted by Crippen LogP contribution is 2.22. The fourth-order valence-corrected chi connectivity index (χ4v) is 3.14. The number of hydrogen-bond acceptors (Lipinski definition) is 4. The van der Waals surface area contributed by atoms with Crippen LogP contribution in [0.4, 0.5) is 17.1 Å². The lowest BCUT2D eigenvalue weighted by atomic mass is 10.1. The van der Waals surface area contributed by atoms with Gasteiger partial charge in [-0.1, -0.05) is 36.4 Å². The molecule has 26 heavy (non-hydrogen) atoms. The van der Waals surface area contributed by atoms with Crippen LogP contribution in [0, 0.1) is 0 Å². The van der Waals surface area contributed by atoms with Gasteiger partial charge >= 0.3 is 0 Å². The minimum atomic E-state index is -3.34. The second-order valence-corrected chi connectivity index (χ2v) is 7.81. The highest BCUT2D eigenvalue weighted by Gasteiger charge is 2.13. The van der Waals surface area contributed by atoms with Gasteiger partial charge in [0, 0.05) is 17.6 Å². The average molecular weight is 366 g/mol. The van der Waals surface area contributed by atoms with Crippen molar-refractivity contribution in [3.05, 3.63) is 84.4 Å². The van der Waals surface area contributed by atoms with Crippen molar-refractivity contribution in [2.24, 2.45) is 0 Å². The van der Waals surface area contributed by atoms with Crippen molar-refractivity contribution in [3.63, 3.8) is 0 Å². The molecule has 0 spiro atoms. The number of para-hydroxylation sites is 2. The second-order valence-electron chi connectivity index (χ2n) is 5.79. The fraction of sp³-hybridized carbons (Fsp3) is 0.0500. The van der Waals surface area contributed by atoms with E-state index in [1.54, 1.807) is 24.3 Å². The van der Waals surface area contributed by atoms with Crippen LogP contribution in [-0.4, -0.2) is 20.6 Å². The van der Waals surface area contributed by atoms with E-state index in [1.807, 2.05) is 42.5 Å². The number of carbonyl (C=O) groups is 1. The molecule has 3 aromatic carbocycles. The van der Waals surface area contributed by atoms with Crippen LogP contribution in [0.15, 0.2) is 83.8 Å². The number of carbonyl (C=O) groups excluding carboxylic acids is 1. The normalized spacial score (nSPS) is 11.0. The average Bonchev–Trinajstić information content (AvgIpc) is 2.62. The lowest BCUT2D eigenvalue weighted by molar-refractivity contribution is 0.102. The van der Waals surface area contributed by atoms with E-state index in [0.29, 0.717) is 16.9 Å². The Morgan fingerprint density at radius 3 is 2.19 bits per heavy atom. The quantitative estimate of drug-likeness (QED) is 0.713. The van der Waals surface area contributed by atoms with Crippen LogP contribution >= 0.6 is 0 Å². The van der Waals surface area contributed by atoms with Gasteiger partial charge in [0.2, 0.25) is 0 Å². The summed E-state index contributed by atoms with van der Waals surface area (Å²) >= 11 is 0. The molecule has 0 radical (unpaired) electrons. The van der Waals surface area contributed by atoms with E-state index in [1.165, 1.54) is 12.1 Å². The molecule has 0 aliphatic carbocycles. The van der Waals surface area contributed by atoms with Gasteiger partial charge in [0.25, 0.3) is 5.91 Å². The van der Waals surface area contributed by atoms with Crippen molar-refractivity contribution >= 4 is 32.8 Å². The third-order valence-corrected chi connectivity index (χ3v) is 4.85. The lowest BCUT2D eigenvalue weighted by Crippen LogP contribution is -2.14. The summed E-state index contributed by atoms with van der Waals surface area (Å²) in [4.78, 5) is 12.8. The van der Waals surface area contributed by atoms with Crippen LogP contribution in [0.1, 0.15) is 10.4 Å². The van der Waals surface area contributed by atoms with Crippen molar-refractivity contribution in [2.45, 2.75) is 4.90 Å². The molecule has 2 N–H and O–H groups in total. The van der Waals surface area contributed by atoms with Crippen molar-refractivity contribution in [1.82, 2.24) is 0 Å². The topological polar surface area (TPSA) is 75.3 Å². The zero-order valence-electron chi connectivity index (χ0n) is 14.1. The maximum Gasteiger partial charge on any atom is 0.257 e. The molecule has 0 bridgehead atoms. The molecule has 0 fully saturated rings. The smallest absolute Gasteiger partial charge is 0.257 e. The van der Waals surface area contributed by atoms with Crippen LogP contribution in [0.3, 0.4) is 0 Å². The molecule has 0 saturated heterocycles. The van der Waals surface area contributed by atoms with E-state index in [9.17, 15) is 13.2 Å². The van der Waals surface area contributed by atoms with Gasteiger partial charge in [-0.25, -0.2) is 8.42 Å². The first-order chi connectivity index (χ1) is 12.4. The van der Waals surface area contributed by atoms with Crippen LogP contribution in [0.2, 0.25) is 0 Å². The Morgan fingerprint density at radius 1 is 0.808 bits per heavy atom. The Bertz CT molecular complexity index is 1030. The van der Waals surface area contributed by atoms with E-state index >= 15 is 0 Å². The van der Waals surface area contributed by atoms with E-state index < -0.39 is 9.84 Å². The highest BCUT2D eigenvalue weighted by molar-refractivity contribution is 7.90. The molecule has 3 aromatic rings. The van der Waals surface area contributed by atoms with Crippen LogP contribution in [0.25, 0.3) is 0 Å². The zero-order chi connectivity index (χ0) is 18.6. The van der Waals surface area contributed by atoms with Crippen LogP contribution < -0.4 is 10.6 Å². The summed E-state index contributed by atoms with van der Waals surface area (Å²) in [6.45, 7) is 0. The molecular weight excluding hydrogens is 348 g/mol. The first kappa shape index (κ1) is 17.7. The van der Waals surface area contributed by atoms with Gasteiger partial charge < -0.3 is 10.6 Å². The maximum atomic E-state index is 12.7. The van der Waals surface area contributed by atoms with Gasteiger partial charge in [-0.3, -0.25) is 4.79 Å². The van der Waals surface area contributed by atoms with Gasteiger partial charge in [0.05, 0.1) is 16.1 Å². The third-order valence-electron chi connectivity index (χ3n) is 3.74. The Kier molecular flexibility index (Phi) is 5.04. The van der Waals surface area contributed by atoms with E-state index in [2.05, 4.69) is 10.6 Å². The number of hydrogen-bond donors (Lipinski definition) is 2. The van der Waals surface area contributed by atoms with Gasteiger partial charge in [-0.05, 0) is 42.5 Å². The molecule has 0 unspecified atom stereocenters. The summed E-state index contributed by atoms with van der Waals surface area (Å²) in [5.41, 5.74) is 2.41. The van der Waals surface area contributed by atoms with Crippen molar-refractivity contribution < 1.29 is 13.2 Å². The first-order valence-corrected chi connectivity index (χ1v) is 9.85. The van der Waals surface area contributed by atoms with E-state index in [4.69, 9.17) is 0 Å².